The van der Waals surface area contributed by atoms with Gasteiger partial charge in [-0.1, -0.05) is 13.0 Å². The van der Waals surface area contributed by atoms with Crippen molar-refractivity contribution in [1.29, 1.82) is 0 Å². The summed E-state index contributed by atoms with van der Waals surface area (Å²) in [5.74, 6) is 0.600. The standard InChI is InChI=1S/C15H29N3O2S/c1-4-5-12-21(19,20)18-7-6-15(14(2)13-18)17-10-8-16(3)9-11-17/h4,14-15H,1,5-13H2,2-3H3/t14-,15+/m1/s1. The van der Waals surface area contributed by atoms with Crippen LogP contribution >= 0.6 is 0 Å². The molecule has 0 radical (unpaired) electrons. The molecule has 0 amide bonds. The van der Waals surface area contributed by atoms with Crippen molar-refractivity contribution < 1.29 is 8.42 Å². The van der Waals surface area contributed by atoms with Gasteiger partial charge in [-0.05, 0) is 25.8 Å². The number of likely N-dealkylation sites (N-methyl/N-ethyl adjacent to an activating group) is 1. The minimum Gasteiger partial charge on any atom is -0.304 e. The zero-order chi connectivity index (χ0) is 15.5. The summed E-state index contributed by atoms with van der Waals surface area (Å²) >= 11 is 0. The highest BCUT2D eigenvalue weighted by Gasteiger charge is 2.35. The Labute approximate surface area is 129 Å². The van der Waals surface area contributed by atoms with Crippen LogP contribution in [-0.4, -0.2) is 80.6 Å². The molecule has 5 nitrogen and oxygen atoms in total. The maximum Gasteiger partial charge on any atom is 0.214 e. The molecule has 2 atom stereocenters. The molecule has 0 unspecified atom stereocenters. The van der Waals surface area contributed by atoms with Crippen LogP contribution < -0.4 is 0 Å². The van der Waals surface area contributed by atoms with E-state index in [2.05, 4.69) is 30.4 Å². The first kappa shape index (κ1) is 16.9. The number of sulfonamides is 1. The average molecular weight is 315 g/mol. The third kappa shape index (κ3) is 4.28. The van der Waals surface area contributed by atoms with Gasteiger partial charge in [0, 0.05) is 45.3 Å². The lowest BCUT2D eigenvalue weighted by Crippen LogP contribution is -2.56. The Kier molecular flexibility index (Phi) is 5.82. The lowest BCUT2D eigenvalue weighted by molar-refractivity contribution is 0.0538. The summed E-state index contributed by atoms with van der Waals surface area (Å²) in [6.45, 7) is 11.6. The quantitative estimate of drug-likeness (QED) is 0.706. The van der Waals surface area contributed by atoms with Crippen molar-refractivity contribution in [3.63, 3.8) is 0 Å². The molecule has 2 aliphatic heterocycles. The number of hydrogen-bond donors (Lipinski definition) is 0. The fourth-order valence-electron chi connectivity index (χ4n) is 3.40. The number of piperazine rings is 1. The van der Waals surface area contributed by atoms with Gasteiger partial charge in [0.25, 0.3) is 0 Å². The Morgan fingerprint density at radius 2 is 1.86 bits per heavy atom. The minimum absolute atomic E-state index is 0.197. The maximum absolute atomic E-state index is 12.3. The number of allylic oxidation sites excluding steroid dienone is 1. The van der Waals surface area contributed by atoms with Gasteiger partial charge in [0.1, 0.15) is 0 Å². The molecule has 0 N–H and O–H groups in total. The second-order valence-corrected chi connectivity index (χ2v) is 8.51. The van der Waals surface area contributed by atoms with Gasteiger partial charge in [-0.3, -0.25) is 4.90 Å². The normalized spacial score (nSPS) is 30.4. The third-order valence-electron chi connectivity index (χ3n) is 4.80. The van der Waals surface area contributed by atoms with Crippen molar-refractivity contribution in [1.82, 2.24) is 14.1 Å². The molecule has 0 aliphatic carbocycles. The number of piperidine rings is 1. The van der Waals surface area contributed by atoms with Crippen LogP contribution in [-0.2, 0) is 10.0 Å². The Balaban J connectivity index is 1.91. The topological polar surface area (TPSA) is 43.9 Å². The molecule has 0 aromatic rings. The van der Waals surface area contributed by atoms with E-state index < -0.39 is 10.0 Å². The maximum atomic E-state index is 12.3. The molecule has 2 rings (SSSR count). The van der Waals surface area contributed by atoms with Crippen molar-refractivity contribution >= 4 is 10.0 Å². The summed E-state index contributed by atoms with van der Waals surface area (Å²) in [7, 11) is -0.944. The zero-order valence-electron chi connectivity index (χ0n) is 13.4. The Hall–Kier alpha value is -0.430. The molecule has 2 aliphatic rings. The molecular weight excluding hydrogens is 286 g/mol. The van der Waals surface area contributed by atoms with Gasteiger partial charge in [0.15, 0.2) is 0 Å². The van der Waals surface area contributed by atoms with Crippen LogP contribution in [0, 0.1) is 5.92 Å². The van der Waals surface area contributed by atoms with E-state index in [1.54, 1.807) is 10.4 Å². The van der Waals surface area contributed by atoms with Gasteiger partial charge in [0.2, 0.25) is 10.0 Å². The van der Waals surface area contributed by atoms with E-state index in [0.29, 0.717) is 31.5 Å². The highest BCUT2D eigenvalue weighted by molar-refractivity contribution is 7.89. The van der Waals surface area contributed by atoms with Crippen LogP contribution in [0.4, 0.5) is 0 Å². The second kappa shape index (κ2) is 7.22. The Morgan fingerprint density at radius 3 is 2.43 bits per heavy atom. The van der Waals surface area contributed by atoms with Gasteiger partial charge >= 0.3 is 0 Å². The van der Waals surface area contributed by atoms with Crippen molar-refractivity contribution in [2.24, 2.45) is 5.92 Å². The SMILES string of the molecule is C=CCCS(=O)(=O)N1CC[C@H](N2CCN(C)CC2)[C@H](C)C1. The largest absolute Gasteiger partial charge is 0.304 e. The molecule has 0 spiro atoms. The van der Waals surface area contributed by atoms with E-state index in [1.807, 2.05) is 0 Å². The first-order valence-electron chi connectivity index (χ1n) is 7.95. The van der Waals surface area contributed by atoms with Crippen LogP contribution in [0.15, 0.2) is 12.7 Å². The Bertz CT molecular complexity index is 444. The van der Waals surface area contributed by atoms with Crippen LogP contribution in [0.3, 0.4) is 0 Å². The van der Waals surface area contributed by atoms with Crippen molar-refractivity contribution in [3.8, 4) is 0 Å². The number of rotatable bonds is 5. The third-order valence-corrected chi connectivity index (χ3v) is 6.67. The summed E-state index contributed by atoms with van der Waals surface area (Å²) < 4.78 is 26.2. The van der Waals surface area contributed by atoms with Crippen molar-refractivity contribution in [2.45, 2.75) is 25.8 Å². The summed E-state index contributed by atoms with van der Waals surface area (Å²) in [6.07, 6.45) is 3.17. The first-order chi connectivity index (χ1) is 9.94. The smallest absolute Gasteiger partial charge is 0.214 e. The lowest BCUT2D eigenvalue weighted by atomic mass is 9.93. The van der Waals surface area contributed by atoms with Crippen molar-refractivity contribution in [2.75, 3.05) is 52.1 Å². The van der Waals surface area contributed by atoms with E-state index in [0.717, 1.165) is 32.6 Å². The molecule has 0 aromatic heterocycles. The van der Waals surface area contributed by atoms with Crippen LogP contribution in [0.5, 0.6) is 0 Å². The summed E-state index contributed by atoms with van der Waals surface area (Å²) in [5.41, 5.74) is 0. The molecule has 21 heavy (non-hydrogen) atoms. The highest BCUT2D eigenvalue weighted by atomic mass is 32.2. The molecule has 2 fully saturated rings. The monoisotopic (exact) mass is 315 g/mol. The van der Waals surface area contributed by atoms with Crippen LogP contribution in [0.2, 0.25) is 0 Å². The van der Waals surface area contributed by atoms with Crippen LogP contribution in [0.25, 0.3) is 0 Å². The fraction of sp³-hybridized carbons (Fsp3) is 0.867. The summed E-state index contributed by atoms with van der Waals surface area (Å²) in [4.78, 5) is 4.91. The van der Waals surface area contributed by atoms with E-state index in [4.69, 9.17) is 0 Å². The second-order valence-electron chi connectivity index (χ2n) is 6.42. The van der Waals surface area contributed by atoms with E-state index >= 15 is 0 Å². The molecule has 6 heteroatoms. The molecule has 2 saturated heterocycles. The zero-order valence-corrected chi connectivity index (χ0v) is 14.2. The summed E-state index contributed by atoms with van der Waals surface area (Å²) in [6, 6.07) is 0.532. The highest BCUT2D eigenvalue weighted by Crippen LogP contribution is 2.25. The van der Waals surface area contributed by atoms with Gasteiger partial charge in [-0.15, -0.1) is 6.58 Å². The number of nitrogens with zero attached hydrogens (tertiary/aromatic N) is 3. The Morgan fingerprint density at radius 1 is 1.19 bits per heavy atom. The van der Waals surface area contributed by atoms with E-state index in [9.17, 15) is 8.42 Å². The fourth-order valence-corrected chi connectivity index (χ4v) is 4.97. The minimum atomic E-state index is -3.11. The molecule has 0 bridgehead atoms. The molecule has 122 valence electrons. The van der Waals surface area contributed by atoms with Gasteiger partial charge in [-0.25, -0.2) is 12.7 Å². The summed E-state index contributed by atoms with van der Waals surface area (Å²) in [5, 5.41) is 0. The molecular formula is C15H29N3O2S. The number of hydrogen-bond acceptors (Lipinski definition) is 4. The molecule has 0 saturated carbocycles. The van der Waals surface area contributed by atoms with Gasteiger partial charge < -0.3 is 4.90 Å². The van der Waals surface area contributed by atoms with E-state index in [1.165, 1.54) is 0 Å². The van der Waals surface area contributed by atoms with E-state index in [-0.39, 0.29) is 5.75 Å². The average Bonchev–Trinajstić information content (AvgIpc) is 2.46. The van der Waals surface area contributed by atoms with Crippen LogP contribution in [0.1, 0.15) is 19.8 Å². The molecule has 2 heterocycles. The molecule has 0 aromatic carbocycles. The van der Waals surface area contributed by atoms with Gasteiger partial charge in [-0.2, -0.15) is 0 Å². The lowest BCUT2D eigenvalue weighted by Gasteiger charge is -2.45. The predicted molar refractivity (Wildman–Crippen MR) is 86.8 cm³/mol. The van der Waals surface area contributed by atoms with Gasteiger partial charge in [0.05, 0.1) is 5.75 Å². The predicted octanol–water partition coefficient (Wildman–Crippen LogP) is 0.850. The first-order valence-corrected chi connectivity index (χ1v) is 9.56. The van der Waals surface area contributed by atoms with Crippen molar-refractivity contribution in [3.05, 3.63) is 12.7 Å².